The molecule has 7 nitrogen and oxygen atoms in total. The zero-order chi connectivity index (χ0) is 13.8. The summed E-state index contributed by atoms with van der Waals surface area (Å²) >= 11 is 0. The Morgan fingerprint density at radius 3 is 3.00 bits per heavy atom. The third-order valence-electron chi connectivity index (χ3n) is 3.09. The molecular formula is C12H17N5O2. The average molecular weight is 263 g/mol. The molecule has 102 valence electrons. The Morgan fingerprint density at radius 2 is 2.37 bits per heavy atom. The number of anilines is 1. The van der Waals surface area contributed by atoms with Crippen molar-refractivity contribution in [1.82, 2.24) is 15.2 Å². The van der Waals surface area contributed by atoms with Crippen molar-refractivity contribution in [1.29, 1.82) is 0 Å². The summed E-state index contributed by atoms with van der Waals surface area (Å²) in [5.41, 5.74) is 2.64. The van der Waals surface area contributed by atoms with Gasteiger partial charge in [-0.15, -0.1) is 0 Å². The van der Waals surface area contributed by atoms with Gasteiger partial charge >= 0.3 is 0 Å². The topological polar surface area (TPSA) is 88.4 Å². The van der Waals surface area contributed by atoms with E-state index >= 15 is 0 Å². The van der Waals surface area contributed by atoms with Gasteiger partial charge in [-0.1, -0.05) is 6.92 Å². The maximum Gasteiger partial charge on any atom is 0.273 e. The number of carbonyl (C=O) groups is 2. The van der Waals surface area contributed by atoms with Crippen molar-refractivity contribution in [3.05, 3.63) is 12.3 Å². The summed E-state index contributed by atoms with van der Waals surface area (Å²) < 4.78 is 1.76. The molecule has 0 aliphatic carbocycles. The third kappa shape index (κ3) is 2.98. The van der Waals surface area contributed by atoms with E-state index < -0.39 is 0 Å². The van der Waals surface area contributed by atoms with Crippen molar-refractivity contribution >= 4 is 23.3 Å². The lowest BCUT2D eigenvalue weighted by Crippen LogP contribution is -2.33. The van der Waals surface area contributed by atoms with Crippen molar-refractivity contribution in [2.45, 2.75) is 39.2 Å². The predicted octanol–water partition coefficient (Wildman–Crippen LogP) is 1.06. The second kappa shape index (κ2) is 5.64. The molecule has 2 rings (SSSR count). The fourth-order valence-electron chi connectivity index (χ4n) is 1.76. The van der Waals surface area contributed by atoms with Crippen molar-refractivity contribution < 1.29 is 9.59 Å². The number of nitrogens with zero attached hydrogens (tertiary/aromatic N) is 3. The van der Waals surface area contributed by atoms with Crippen LogP contribution < -0.4 is 10.7 Å². The van der Waals surface area contributed by atoms with Crippen LogP contribution in [-0.2, 0) is 9.59 Å². The maximum atomic E-state index is 12.0. The van der Waals surface area contributed by atoms with E-state index in [0.29, 0.717) is 18.0 Å². The second-order valence-electron chi connectivity index (χ2n) is 4.47. The quantitative estimate of drug-likeness (QED) is 0.851. The van der Waals surface area contributed by atoms with Crippen LogP contribution in [-0.4, -0.2) is 27.3 Å². The molecule has 0 fully saturated rings. The standard InChI is InChI=1S/C12H17N5O2/c1-3-8(2)17-10(6-7-13-17)14-12(19)9-4-5-11(18)16-15-9/h6-8H,3-5H2,1-2H3,(H,14,19)(H,16,18)/t8-/m1/s1. The van der Waals surface area contributed by atoms with Crippen LogP contribution in [0.2, 0.25) is 0 Å². The Labute approximate surface area is 111 Å². The Balaban J connectivity index is 2.07. The zero-order valence-corrected chi connectivity index (χ0v) is 11.0. The molecule has 1 aromatic rings. The highest BCUT2D eigenvalue weighted by molar-refractivity contribution is 6.43. The molecular weight excluding hydrogens is 246 g/mol. The van der Waals surface area contributed by atoms with E-state index in [0.717, 1.165) is 6.42 Å². The van der Waals surface area contributed by atoms with Crippen LogP contribution in [0.5, 0.6) is 0 Å². The van der Waals surface area contributed by atoms with Gasteiger partial charge in [-0.25, -0.2) is 10.1 Å². The van der Waals surface area contributed by atoms with E-state index in [2.05, 4.69) is 27.9 Å². The van der Waals surface area contributed by atoms with Gasteiger partial charge in [-0.2, -0.15) is 10.2 Å². The first-order valence-electron chi connectivity index (χ1n) is 6.32. The summed E-state index contributed by atoms with van der Waals surface area (Å²) in [7, 11) is 0. The number of amides is 2. The minimum atomic E-state index is -0.301. The molecule has 1 aromatic heterocycles. The monoisotopic (exact) mass is 263 g/mol. The Bertz CT molecular complexity index is 520. The summed E-state index contributed by atoms with van der Waals surface area (Å²) in [4.78, 5) is 23.0. The summed E-state index contributed by atoms with van der Waals surface area (Å²) in [6, 6.07) is 1.95. The van der Waals surface area contributed by atoms with Crippen LogP contribution in [0.3, 0.4) is 0 Å². The van der Waals surface area contributed by atoms with E-state index in [1.807, 2.05) is 6.92 Å². The minimum absolute atomic E-state index is 0.166. The Hall–Kier alpha value is -2.18. The zero-order valence-electron chi connectivity index (χ0n) is 11.0. The van der Waals surface area contributed by atoms with E-state index in [4.69, 9.17) is 0 Å². The lowest BCUT2D eigenvalue weighted by Gasteiger charge is -2.15. The van der Waals surface area contributed by atoms with Crippen LogP contribution in [0.15, 0.2) is 17.4 Å². The molecule has 1 aliphatic rings. The lowest BCUT2D eigenvalue weighted by atomic mass is 10.1. The summed E-state index contributed by atoms with van der Waals surface area (Å²) in [5, 5.41) is 10.7. The van der Waals surface area contributed by atoms with Crippen LogP contribution in [0.25, 0.3) is 0 Å². The first kappa shape index (κ1) is 13.3. The molecule has 0 saturated carbocycles. The molecule has 0 spiro atoms. The van der Waals surface area contributed by atoms with Crippen molar-refractivity contribution in [2.75, 3.05) is 5.32 Å². The third-order valence-corrected chi connectivity index (χ3v) is 3.09. The van der Waals surface area contributed by atoms with Gasteiger partial charge in [0.1, 0.15) is 11.5 Å². The highest BCUT2D eigenvalue weighted by Gasteiger charge is 2.20. The molecule has 0 unspecified atom stereocenters. The fraction of sp³-hybridized carbons (Fsp3) is 0.500. The van der Waals surface area contributed by atoms with Crippen LogP contribution >= 0.6 is 0 Å². The summed E-state index contributed by atoms with van der Waals surface area (Å²) in [5.74, 6) is 0.171. The smallest absolute Gasteiger partial charge is 0.273 e. The van der Waals surface area contributed by atoms with Gasteiger partial charge in [0.05, 0.1) is 12.2 Å². The molecule has 7 heteroatoms. The SMILES string of the molecule is CC[C@@H](C)n1nccc1NC(=O)C1=NNC(=O)CC1. The van der Waals surface area contributed by atoms with Gasteiger partial charge in [0.2, 0.25) is 5.91 Å². The predicted molar refractivity (Wildman–Crippen MR) is 70.7 cm³/mol. The molecule has 2 heterocycles. The Morgan fingerprint density at radius 1 is 1.58 bits per heavy atom. The summed E-state index contributed by atoms with van der Waals surface area (Å²) in [6.45, 7) is 4.08. The maximum absolute atomic E-state index is 12.0. The molecule has 0 aromatic carbocycles. The van der Waals surface area contributed by atoms with Gasteiger partial charge in [-0.05, 0) is 13.3 Å². The van der Waals surface area contributed by atoms with Crippen molar-refractivity contribution in [2.24, 2.45) is 5.10 Å². The number of hydrogen-bond donors (Lipinski definition) is 2. The van der Waals surface area contributed by atoms with E-state index in [-0.39, 0.29) is 24.3 Å². The van der Waals surface area contributed by atoms with Crippen molar-refractivity contribution in [3.63, 3.8) is 0 Å². The average Bonchev–Trinajstić information content (AvgIpc) is 2.86. The van der Waals surface area contributed by atoms with Gasteiger partial charge in [0.15, 0.2) is 0 Å². The van der Waals surface area contributed by atoms with Gasteiger partial charge < -0.3 is 5.32 Å². The largest absolute Gasteiger partial charge is 0.306 e. The summed E-state index contributed by atoms with van der Waals surface area (Å²) in [6.07, 6.45) is 3.21. The van der Waals surface area contributed by atoms with Crippen LogP contribution in [0.1, 0.15) is 39.2 Å². The number of hydrogen-bond acceptors (Lipinski definition) is 4. The van der Waals surface area contributed by atoms with Gasteiger partial charge in [-0.3, -0.25) is 9.59 Å². The fourth-order valence-corrected chi connectivity index (χ4v) is 1.76. The van der Waals surface area contributed by atoms with Crippen LogP contribution in [0.4, 0.5) is 5.82 Å². The lowest BCUT2D eigenvalue weighted by molar-refractivity contribution is -0.121. The molecule has 2 amide bonds. The molecule has 0 radical (unpaired) electrons. The highest BCUT2D eigenvalue weighted by atomic mass is 16.2. The van der Waals surface area contributed by atoms with Crippen molar-refractivity contribution in [3.8, 4) is 0 Å². The van der Waals surface area contributed by atoms with E-state index in [9.17, 15) is 9.59 Å². The molecule has 1 aliphatic heterocycles. The first-order valence-corrected chi connectivity index (χ1v) is 6.32. The first-order chi connectivity index (χ1) is 9.11. The molecule has 2 N–H and O–H groups in total. The molecule has 19 heavy (non-hydrogen) atoms. The van der Waals surface area contributed by atoms with Gasteiger partial charge in [0.25, 0.3) is 5.91 Å². The molecule has 0 saturated heterocycles. The molecule has 0 bridgehead atoms. The van der Waals surface area contributed by atoms with E-state index in [1.54, 1.807) is 16.9 Å². The normalized spacial score (nSPS) is 16.5. The van der Waals surface area contributed by atoms with Gasteiger partial charge in [0, 0.05) is 18.9 Å². The molecule has 1 atom stereocenters. The number of carbonyl (C=O) groups excluding carboxylic acids is 2. The number of rotatable bonds is 4. The number of aromatic nitrogens is 2. The van der Waals surface area contributed by atoms with E-state index in [1.165, 1.54) is 0 Å². The minimum Gasteiger partial charge on any atom is -0.306 e. The second-order valence-corrected chi connectivity index (χ2v) is 4.47. The number of hydrazone groups is 1. The van der Waals surface area contributed by atoms with Crippen LogP contribution in [0, 0.1) is 0 Å². The Kier molecular flexibility index (Phi) is 3.94. The number of nitrogens with one attached hydrogen (secondary N) is 2. The highest BCUT2D eigenvalue weighted by Crippen LogP contribution is 2.16.